The van der Waals surface area contributed by atoms with Crippen molar-refractivity contribution in [1.29, 1.82) is 0 Å². The second-order valence-corrected chi connectivity index (χ2v) is 11.4. The molecule has 0 amide bonds. The van der Waals surface area contributed by atoms with Crippen LogP contribution in [0.3, 0.4) is 0 Å². The van der Waals surface area contributed by atoms with E-state index in [1.165, 1.54) is 11.3 Å². The molecule has 0 radical (unpaired) electrons. The highest BCUT2D eigenvalue weighted by Gasteiger charge is 2.44. The first-order valence-corrected chi connectivity index (χ1v) is 12.2. The lowest BCUT2D eigenvalue weighted by Crippen LogP contribution is -2.54. The van der Waals surface area contributed by atoms with E-state index < -0.39 is 15.6 Å². The molecule has 5 nitrogen and oxygen atoms in total. The molecule has 0 aliphatic carbocycles. The molecule has 1 aromatic carbocycles. The predicted molar refractivity (Wildman–Crippen MR) is 112 cm³/mol. The molecule has 1 fully saturated rings. The van der Waals surface area contributed by atoms with Crippen LogP contribution in [0.5, 0.6) is 5.75 Å². The Labute approximate surface area is 172 Å². The van der Waals surface area contributed by atoms with Crippen LogP contribution in [0.1, 0.15) is 32.3 Å². The fourth-order valence-electron chi connectivity index (χ4n) is 4.19. The molecule has 3 heterocycles. The van der Waals surface area contributed by atoms with Gasteiger partial charge in [0.1, 0.15) is 15.6 Å². The Morgan fingerprint density at radius 3 is 2.57 bits per heavy atom. The normalized spacial score (nSPS) is 20.7. The van der Waals surface area contributed by atoms with Gasteiger partial charge >= 0.3 is 0 Å². The highest BCUT2D eigenvalue weighted by atomic mass is 32.2. The minimum Gasteiger partial charge on any atom is -0.485 e. The van der Waals surface area contributed by atoms with E-state index in [1.54, 1.807) is 16.4 Å². The lowest BCUT2D eigenvalue weighted by molar-refractivity contribution is -0.00788. The van der Waals surface area contributed by atoms with Crippen LogP contribution in [0.15, 0.2) is 46.0 Å². The number of hydrogen-bond acceptors (Lipinski definition) is 5. The Morgan fingerprint density at radius 1 is 1.14 bits per heavy atom. The molecule has 0 atom stereocenters. The van der Waals surface area contributed by atoms with Gasteiger partial charge in [-0.15, -0.1) is 11.3 Å². The summed E-state index contributed by atoms with van der Waals surface area (Å²) in [6.07, 6.45) is 1.68. The maximum atomic E-state index is 13.3. The zero-order valence-corrected chi connectivity index (χ0v) is 18.1. The number of fused-ring (bicyclic) bond motifs is 1. The van der Waals surface area contributed by atoms with Crippen molar-refractivity contribution in [3.63, 3.8) is 0 Å². The summed E-state index contributed by atoms with van der Waals surface area (Å²) >= 11 is 1.28. The van der Waals surface area contributed by atoms with Crippen LogP contribution in [-0.2, 0) is 16.6 Å². The van der Waals surface area contributed by atoms with Crippen molar-refractivity contribution in [2.75, 3.05) is 26.2 Å². The smallest absolute Gasteiger partial charge is 0.252 e. The summed E-state index contributed by atoms with van der Waals surface area (Å²) < 4.78 is 35.2. The molecule has 1 spiro atoms. The van der Waals surface area contributed by atoms with Gasteiger partial charge in [0.2, 0.25) is 0 Å². The Morgan fingerprint density at radius 2 is 1.89 bits per heavy atom. The van der Waals surface area contributed by atoms with E-state index in [4.69, 9.17) is 4.74 Å². The minimum atomic E-state index is -3.53. The second kappa shape index (κ2) is 7.78. The van der Waals surface area contributed by atoms with Crippen LogP contribution in [0.4, 0.5) is 0 Å². The van der Waals surface area contributed by atoms with E-state index in [1.807, 2.05) is 29.6 Å². The van der Waals surface area contributed by atoms with Crippen molar-refractivity contribution in [2.45, 2.75) is 43.0 Å². The van der Waals surface area contributed by atoms with E-state index in [0.717, 1.165) is 43.8 Å². The average molecular weight is 421 g/mol. The molecule has 2 aromatic rings. The van der Waals surface area contributed by atoms with Gasteiger partial charge in [-0.2, -0.15) is 4.31 Å². The molecule has 0 N–H and O–H groups in total. The molecular formula is C21H28N2O3S2. The number of nitrogens with zero attached hydrogens (tertiary/aromatic N) is 2. The zero-order valence-electron chi connectivity index (χ0n) is 16.5. The molecule has 1 saturated heterocycles. The fraction of sp³-hybridized carbons (Fsp3) is 0.524. The van der Waals surface area contributed by atoms with Crippen LogP contribution >= 0.6 is 11.3 Å². The molecule has 0 bridgehead atoms. The molecule has 4 rings (SSSR count). The molecule has 28 heavy (non-hydrogen) atoms. The Hall–Kier alpha value is -1.41. The average Bonchev–Trinajstić information content (AvgIpc) is 3.15. The summed E-state index contributed by atoms with van der Waals surface area (Å²) in [6, 6.07) is 11.3. The monoisotopic (exact) mass is 420 g/mol. The second-order valence-electron chi connectivity index (χ2n) is 8.29. The lowest BCUT2D eigenvalue weighted by atomic mass is 9.90. The maximum absolute atomic E-state index is 13.3. The number of thiophene rings is 1. The summed E-state index contributed by atoms with van der Waals surface area (Å²) in [5.41, 5.74) is 0.467. The lowest BCUT2D eigenvalue weighted by Gasteiger charge is -2.43. The standard InChI is InChI=1S/C21H28N2O3S2/c1-17(2)14-22-11-9-21(10-12-22)16-23(28(24,25)20-8-5-13-27-20)15-18-6-3-4-7-19(18)26-21/h3-8,13,17H,9-12,14-16H2,1-2H3. The molecule has 7 heteroatoms. The number of piperidine rings is 1. The quantitative estimate of drug-likeness (QED) is 0.754. The van der Waals surface area contributed by atoms with Crippen LogP contribution in [0.2, 0.25) is 0 Å². The number of likely N-dealkylation sites (tertiary alicyclic amines) is 1. The van der Waals surface area contributed by atoms with Gasteiger partial charge in [0.15, 0.2) is 0 Å². The molecule has 0 saturated carbocycles. The van der Waals surface area contributed by atoms with Crippen LogP contribution in [-0.4, -0.2) is 49.4 Å². The Balaban J connectivity index is 1.65. The summed E-state index contributed by atoms with van der Waals surface area (Å²) in [5, 5.41) is 1.81. The third-order valence-electron chi connectivity index (χ3n) is 5.59. The number of para-hydroxylation sites is 1. The largest absolute Gasteiger partial charge is 0.485 e. The van der Waals surface area contributed by atoms with Crippen LogP contribution < -0.4 is 4.74 Å². The van der Waals surface area contributed by atoms with Crippen molar-refractivity contribution in [3.8, 4) is 5.75 Å². The van der Waals surface area contributed by atoms with Gasteiger partial charge in [-0.3, -0.25) is 0 Å². The van der Waals surface area contributed by atoms with E-state index in [9.17, 15) is 8.42 Å². The topological polar surface area (TPSA) is 49.9 Å². The van der Waals surface area contributed by atoms with E-state index in [2.05, 4.69) is 18.7 Å². The number of sulfonamides is 1. The van der Waals surface area contributed by atoms with Gasteiger partial charge in [-0.25, -0.2) is 8.42 Å². The number of rotatable bonds is 4. The molecule has 152 valence electrons. The summed E-state index contributed by atoms with van der Waals surface area (Å²) in [5.74, 6) is 1.45. The minimum absolute atomic E-state index is 0.355. The summed E-state index contributed by atoms with van der Waals surface area (Å²) in [4.78, 5) is 2.47. The molecule has 1 aromatic heterocycles. The summed E-state index contributed by atoms with van der Waals surface area (Å²) in [7, 11) is -3.53. The van der Waals surface area contributed by atoms with Gasteiger partial charge in [-0.05, 0) is 23.4 Å². The first-order valence-electron chi connectivity index (χ1n) is 9.91. The summed E-state index contributed by atoms with van der Waals surface area (Å²) in [6.45, 7) is 8.17. The molecule has 2 aliphatic heterocycles. The van der Waals surface area contributed by atoms with Crippen molar-refractivity contribution in [3.05, 3.63) is 47.3 Å². The van der Waals surface area contributed by atoms with Gasteiger partial charge in [0.05, 0.1) is 6.54 Å². The van der Waals surface area contributed by atoms with Gasteiger partial charge in [0, 0.05) is 44.6 Å². The zero-order chi connectivity index (χ0) is 19.8. The first-order chi connectivity index (χ1) is 13.4. The number of hydrogen-bond donors (Lipinski definition) is 0. The maximum Gasteiger partial charge on any atom is 0.252 e. The predicted octanol–water partition coefficient (Wildman–Crippen LogP) is 3.82. The van der Waals surface area contributed by atoms with Crippen molar-refractivity contribution >= 4 is 21.4 Å². The molecular weight excluding hydrogens is 392 g/mol. The highest BCUT2D eigenvalue weighted by molar-refractivity contribution is 7.91. The van der Waals surface area contributed by atoms with Crippen LogP contribution in [0, 0.1) is 5.92 Å². The van der Waals surface area contributed by atoms with Crippen molar-refractivity contribution in [1.82, 2.24) is 9.21 Å². The highest BCUT2D eigenvalue weighted by Crippen LogP contribution is 2.38. The third kappa shape index (κ3) is 3.99. The Kier molecular flexibility index (Phi) is 5.53. The van der Waals surface area contributed by atoms with Crippen molar-refractivity contribution in [2.24, 2.45) is 5.92 Å². The molecule has 0 unspecified atom stereocenters. The fourth-order valence-corrected chi connectivity index (χ4v) is 6.83. The van der Waals surface area contributed by atoms with Crippen molar-refractivity contribution < 1.29 is 13.2 Å². The Bertz CT molecular complexity index is 901. The number of ether oxygens (including phenoxy) is 1. The SMILES string of the molecule is CC(C)CN1CCC2(CC1)CN(S(=O)(=O)c1cccs1)Cc1ccccc1O2. The van der Waals surface area contributed by atoms with Crippen LogP contribution in [0.25, 0.3) is 0 Å². The van der Waals surface area contributed by atoms with E-state index in [0.29, 0.717) is 23.2 Å². The van der Waals surface area contributed by atoms with E-state index >= 15 is 0 Å². The van der Waals surface area contributed by atoms with Gasteiger partial charge in [0.25, 0.3) is 10.0 Å². The molecule has 2 aliphatic rings. The van der Waals surface area contributed by atoms with E-state index in [-0.39, 0.29) is 0 Å². The number of benzene rings is 1. The first kappa shape index (κ1) is 19.9. The van der Waals surface area contributed by atoms with Gasteiger partial charge in [-0.1, -0.05) is 38.1 Å². The van der Waals surface area contributed by atoms with Gasteiger partial charge < -0.3 is 9.64 Å². The third-order valence-corrected chi connectivity index (χ3v) is 8.75.